The average Bonchev–Trinajstić information content (AvgIpc) is 3.17. The van der Waals surface area contributed by atoms with Crippen molar-refractivity contribution in [3.63, 3.8) is 0 Å². The van der Waals surface area contributed by atoms with Crippen LogP contribution in [0.3, 0.4) is 0 Å². The smallest absolute Gasteiger partial charge is 0.163 e. The summed E-state index contributed by atoms with van der Waals surface area (Å²) in [7, 11) is 0. The van der Waals surface area contributed by atoms with Gasteiger partial charge < -0.3 is 11.1 Å². The van der Waals surface area contributed by atoms with Crippen molar-refractivity contribution in [1.29, 1.82) is 0 Å². The van der Waals surface area contributed by atoms with Crippen LogP contribution in [0.2, 0.25) is 0 Å². The zero-order valence-electron chi connectivity index (χ0n) is 16.5. The van der Waals surface area contributed by atoms with Gasteiger partial charge in [-0.2, -0.15) is 11.8 Å². The number of thioether (sulfide) groups is 1. The minimum absolute atomic E-state index is 0.00630. The molecule has 5 nitrogen and oxygen atoms in total. The predicted molar refractivity (Wildman–Crippen MR) is 127 cm³/mol. The van der Waals surface area contributed by atoms with Gasteiger partial charge >= 0.3 is 0 Å². The molecular formula is C23H23N5S2. The lowest BCUT2D eigenvalue weighted by molar-refractivity contribution is 0.698. The van der Waals surface area contributed by atoms with Crippen molar-refractivity contribution in [3.05, 3.63) is 70.9 Å². The first-order chi connectivity index (χ1) is 14.8. The monoisotopic (exact) mass is 433 g/mol. The van der Waals surface area contributed by atoms with Gasteiger partial charge in [0.2, 0.25) is 0 Å². The summed E-state index contributed by atoms with van der Waals surface area (Å²) < 4.78 is 0. The molecule has 0 radical (unpaired) electrons. The molecule has 3 N–H and O–H groups in total. The van der Waals surface area contributed by atoms with Gasteiger partial charge in [0, 0.05) is 41.2 Å². The highest BCUT2D eigenvalue weighted by molar-refractivity contribution is 7.98. The number of nitrogens with one attached hydrogen (secondary N) is 1. The van der Waals surface area contributed by atoms with E-state index in [4.69, 9.17) is 15.7 Å². The Morgan fingerprint density at radius 1 is 1.07 bits per heavy atom. The van der Waals surface area contributed by atoms with Crippen molar-refractivity contribution < 1.29 is 0 Å². The molecule has 0 bridgehead atoms. The third-order valence-corrected chi connectivity index (χ3v) is 7.57. The number of hydrogen-bond donors (Lipinski definition) is 2. The SMILES string of the molecule is N[C@H](CNc1nc(-c2ccncc2)nc2sc3c(c12)CCSC3)Cc1ccccc1. The van der Waals surface area contributed by atoms with Crippen LogP contribution < -0.4 is 11.1 Å². The Kier molecular flexibility index (Phi) is 5.66. The lowest BCUT2D eigenvalue weighted by Gasteiger charge is -2.16. The van der Waals surface area contributed by atoms with Crippen LogP contribution in [0.15, 0.2) is 54.9 Å². The fraction of sp³-hybridized carbons (Fsp3) is 0.261. The molecule has 4 heterocycles. The Bertz CT molecular complexity index is 1140. The molecule has 0 spiro atoms. The highest BCUT2D eigenvalue weighted by Crippen LogP contribution is 2.40. The van der Waals surface area contributed by atoms with E-state index in [-0.39, 0.29) is 6.04 Å². The van der Waals surface area contributed by atoms with Crippen LogP contribution in [0, 0.1) is 0 Å². The number of thiophene rings is 1. The number of nitrogens with two attached hydrogens (primary N) is 1. The molecule has 1 aliphatic heterocycles. The van der Waals surface area contributed by atoms with E-state index in [9.17, 15) is 0 Å². The number of anilines is 1. The van der Waals surface area contributed by atoms with E-state index in [2.05, 4.69) is 34.6 Å². The third-order valence-electron chi connectivity index (χ3n) is 5.27. The van der Waals surface area contributed by atoms with Gasteiger partial charge in [0.1, 0.15) is 10.6 Å². The van der Waals surface area contributed by atoms with E-state index in [1.165, 1.54) is 21.4 Å². The van der Waals surface area contributed by atoms with Crippen molar-refractivity contribution >= 4 is 39.1 Å². The zero-order valence-corrected chi connectivity index (χ0v) is 18.2. The first-order valence-electron chi connectivity index (χ1n) is 10.1. The van der Waals surface area contributed by atoms with Gasteiger partial charge in [-0.1, -0.05) is 30.3 Å². The van der Waals surface area contributed by atoms with Gasteiger partial charge in [-0.25, -0.2) is 9.97 Å². The second-order valence-electron chi connectivity index (χ2n) is 7.45. The summed E-state index contributed by atoms with van der Waals surface area (Å²) in [5.41, 5.74) is 10.1. The maximum Gasteiger partial charge on any atom is 0.163 e. The number of pyridine rings is 1. The quantitative estimate of drug-likeness (QED) is 0.465. The Morgan fingerprint density at radius 3 is 2.73 bits per heavy atom. The highest BCUT2D eigenvalue weighted by atomic mass is 32.2. The number of fused-ring (bicyclic) bond motifs is 3. The number of rotatable bonds is 6. The molecule has 0 aliphatic carbocycles. The Balaban J connectivity index is 1.48. The lowest BCUT2D eigenvalue weighted by atomic mass is 10.1. The predicted octanol–water partition coefficient (Wildman–Crippen LogP) is 4.52. The van der Waals surface area contributed by atoms with Crippen LogP contribution in [-0.2, 0) is 18.6 Å². The number of aryl methyl sites for hydroxylation is 1. The molecule has 0 fully saturated rings. The van der Waals surface area contributed by atoms with Crippen molar-refractivity contribution in [1.82, 2.24) is 15.0 Å². The molecule has 0 saturated heterocycles. The molecule has 0 unspecified atom stereocenters. The van der Waals surface area contributed by atoms with Crippen molar-refractivity contribution in [2.75, 3.05) is 17.6 Å². The van der Waals surface area contributed by atoms with Gasteiger partial charge in [-0.3, -0.25) is 4.98 Å². The molecule has 4 aromatic rings. The molecule has 1 atom stereocenters. The van der Waals surface area contributed by atoms with Gasteiger partial charge in [0.05, 0.1) is 5.39 Å². The number of benzene rings is 1. The molecule has 7 heteroatoms. The summed E-state index contributed by atoms with van der Waals surface area (Å²) in [6.07, 6.45) is 5.46. The lowest BCUT2D eigenvalue weighted by Crippen LogP contribution is -2.31. The Labute approximate surface area is 184 Å². The zero-order chi connectivity index (χ0) is 20.3. The van der Waals surface area contributed by atoms with Gasteiger partial charge in [-0.05, 0) is 41.9 Å². The molecule has 1 aliphatic rings. The molecule has 152 valence electrons. The van der Waals surface area contributed by atoms with Crippen molar-refractivity contribution in [3.8, 4) is 11.4 Å². The largest absolute Gasteiger partial charge is 0.368 e. The minimum Gasteiger partial charge on any atom is -0.368 e. The fourth-order valence-electron chi connectivity index (χ4n) is 3.80. The van der Waals surface area contributed by atoms with Crippen molar-refractivity contribution in [2.24, 2.45) is 5.73 Å². The maximum atomic E-state index is 6.45. The summed E-state index contributed by atoms with van der Waals surface area (Å²) in [6, 6.07) is 14.3. The van der Waals surface area contributed by atoms with E-state index >= 15 is 0 Å². The second-order valence-corrected chi connectivity index (χ2v) is 9.64. The molecule has 0 amide bonds. The van der Waals surface area contributed by atoms with Gasteiger partial charge in [-0.15, -0.1) is 11.3 Å². The van der Waals surface area contributed by atoms with E-state index in [1.807, 2.05) is 30.0 Å². The topological polar surface area (TPSA) is 76.7 Å². The van der Waals surface area contributed by atoms with Crippen LogP contribution in [0.5, 0.6) is 0 Å². The van der Waals surface area contributed by atoms with Crippen molar-refractivity contribution in [2.45, 2.75) is 24.6 Å². The minimum atomic E-state index is 0.00630. The van der Waals surface area contributed by atoms with E-state index < -0.39 is 0 Å². The van der Waals surface area contributed by atoms with Gasteiger partial charge in [0.15, 0.2) is 5.82 Å². The maximum absolute atomic E-state index is 6.45. The Hall–Kier alpha value is -2.48. The van der Waals surface area contributed by atoms with Gasteiger partial charge in [0.25, 0.3) is 0 Å². The average molecular weight is 434 g/mol. The first-order valence-corrected chi connectivity index (χ1v) is 12.1. The van der Waals surface area contributed by atoms with E-state index in [1.54, 1.807) is 23.7 Å². The molecule has 30 heavy (non-hydrogen) atoms. The molecule has 5 rings (SSSR count). The van der Waals surface area contributed by atoms with Crippen LogP contribution in [-0.4, -0.2) is 33.3 Å². The normalized spacial score (nSPS) is 14.4. The summed E-state index contributed by atoms with van der Waals surface area (Å²) in [5.74, 6) is 3.85. The van der Waals surface area contributed by atoms with Crippen LogP contribution in [0.4, 0.5) is 5.82 Å². The van der Waals surface area contributed by atoms with Crippen LogP contribution in [0.1, 0.15) is 16.0 Å². The van der Waals surface area contributed by atoms with Crippen LogP contribution in [0.25, 0.3) is 21.6 Å². The fourth-order valence-corrected chi connectivity index (χ4v) is 6.15. The first kappa shape index (κ1) is 19.5. The molecule has 0 saturated carbocycles. The van der Waals surface area contributed by atoms with E-state index in [0.29, 0.717) is 6.54 Å². The molecule has 3 aromatic heterocycles. The summed E-state index contributed by atoms with van der Waals surface area (Å²) >= 11 is 3.79. The number of hydrogen-bond acceptors (Lipinski definition) is 7. The highest BCUT2D eigenvalue weighted by Gasteiger charge is 2.22. The van der Waals surface area contributed by atoms with Crippen LogP contribution >= 0.6 is 23.1 Å². The third kappa shape index (κ3) is 4.05. The number of aromatic nitrogens is 3. The molecule has 1 aromatic carbocycles. The standard InChI is InChI=1S/C23H23N5S2/c24-17(12-15-4-2-1-3-5-15)13-26-22-20-18-8-11-29-14-19(18)30-23(20)28-21(27-22)16-6-9-25-10-7-16/h1-7,9-10,17H,8,11-14,24H2,(H,26,27,28)/t17-/m0/s1. The summed E-state index contributed by atoms with van der Waals surface area (Å²) in [4.78, 5) is 16.4. The molecular weight excluding hydrogens is 410 g/mol. The van der Waals surface area contributed by atoms with E-state index in [0.717, 1.165) is 46.4 Å². The summed E-state index contributed by atoms with van der Waals surface area (Å²) in [5, 5.41) is 4.74. The number of nitrogens with zero attached hydrogens (tertiary/aromatic N) is 3. The summed E-state index contributed by atoms with van der Waals surface area (Å²) in [6.45, 7) is 0.663. The second kappa shape index (κ2) is 8.71. The Morgan fingerprint density at radius 2 is 1.90 bits per heavy atom.